The molecule has 1 atom stereocenters. The van der Waals surface area contributed by atoms with Crippen LogP contribution in [0.3, 0.4) is 0 Å². The highest BCUT2D eigenvalue weighted by Crippen LogP contribution is 2.24. The van der Waals surface area contributed by atoms with Crippen molar-refractivity contribution in [3.63, 3.8) is 0 Å². The molecule has 1 saturated heterocycles. The second-order valence-corrected chi connectivity index (χ2v) is 8.72. The predicted octanol–water partition coefficient (Wildman–Crippen LogP) is 3.02. The number of nitrogens with one attached hydrogen (secondary N) is 1. The second-order valence-electron chi connectivity index (χ2n) is 6.52. The number of rotatable bonds is 2. The summed E-state index contributed by atoms with van der Waals surface area (Å²) in [7, 11) is -0.903. The number of aromatic nitrogens is 1. The van der Waals surface area contributed by atoms with Crippen molar-refractivity contribution in [2.24, 2.45) is 0 Å². The number of oxazole rings is 1. The van der Waals surface area contributed by atoms with Gasteiger partial charge in [0.25, 0.3) is 0 Å². The van der Waals surface area contributed by atoms with Gasteiger partial charge in [-0.05, 0) is 39.0 Å². The minimum Gasteiger partial charge on any atom is -0.441 e. The summed E-state index contributed by atoms with van der Waals surface area (Å²) in [5.41, 5.74) is 1.49. The summed E-state index contributed by atoms with van der Waals surface area (Å²) in [4.78, 5) is 18.4. The standard InChI is InChI=1S/C17H21N3O3S/c1-12-10-18-15(23-12)13-5-4-6-14(9-13)19-16(21)20-7-8-24(22)17(2,3)11-20/h4-6,9-10H,7-8,11H2,1-3H3,(H,19,21)/t24-/m1/s1. The molecule has 1 aliphatic rings. The molecule has 2 amide bonds. The van der Waals surface area contributed by atoms with Crippen molar-refractivity contribution in [1.29, 1.82) is 0 Å². The van der Waals surface area contributed by atoms with Gasteiger partial charge in [-0.3, -0.25) is 4.21 Å². The molecule has 2 aromatic rings. The molecule has 0 bridgehead atoms. The molecule has 7 heteroatoms. The van der Waals surface area contributed by atoms with Crippen molar-refractivity contribution in [2.75, 3.05) is 24.2 Å². The van der Waals surface area contributed by atoms with Crippen LogP contribution in [-0.4, -0.2) is 43.7 Å². The van der Waals surface area contributed by atoms with E-state index in [1.807, 2.05) is 45.0 Å². The summed E-state index contributed by atoms with van der Waals surface area (Å²) < 4.78 is 17.1. The monoisotopic (exact) mass is 347 g/mol. The maximum Gasteiger partial charge on any atom is 0.321 e. The highest BCUT2D eigenvalue weighted by molar-refractivity contribution is 7.86. The molecule has 6 nitrogen and oxygen atoms in total. The number of carbonyl (C=O) groups is 1. The van der Waals surface area contributed by atoms with Crippen LogP contribution in [0.1, 0.15) is 19.6 Å². The van der Waals surface area contributed by atoms with E-state index in [0.29, 0.717) is 30.4 Å². The lowest BCUT2D eigenvalue weighted by molar-refractivity contribution is 0.207. The quantitative estimate of drug-likeness (QED) is 0.906. The molecule has 0 saturated carbocycles. The fraction of sp³-hybridized carbons (Fsp3) is 0.412. The first kappa shape index (κ1) is 16.7. The van der Waals surface area contributed by atoms with Crippen molar-refractivity contribution in [3.05, 3.63) is 36.2 Å². The van der Waals surface area contributed by atoms with Crippen molar-refractivity contribution >= 4 is 22.5 Å². The van der Waals surface area contributed by atoms with E-state index in [2.05, 4.69) is 10.3 Å². The van der Waals surface area contributed by atoms with Crippen molar-refractivity contribution in [2.45, 2.75) is 25.5 Å². The molecule has 0 radical (unpaired) electrons. The summed E-state index contributed by atoms with van der Waals surface area (Å²) in [6, 6.07) is 7.20. The number of aryl methyl sites for hydroxylation is 1. The Hall–Kier alpha value is -2.15. The lowest BCUT2D eigenvalue weighted by atomic mass is 10.2. The molecule has 0 unspecified atom stereocenters. The third kappa shape index (κ3) is 3.51. The zero-order valence-corrected chi connectivity index (χ0v) is 14.9. The van der Waals surface area contributed by atoms with E-state index < -0.39 is 10.8 Å². The Kier molecular flexibility index (Phi) is 4.45. The minimum atomic E-state index is -0.903. The van der Waals surface area contributed by atoms with E-state index in [1.165, 1.54) is 0 Å². The Morgan fingerprint density at radius 1 is 1.42 bits per heavy atom. The van der Waals surface area contributed by atoms with E-state index in [1.54, 1.807) is 11.1 Å². The van der Waals surface area contributed by atoms with Gasteiger partial charge in [0.1, 0.15) is 5.76 Å². The Labute approximate surface area is 143 Å². The van der Waals surface area contributed by atoms with Gasteiger partial charge in [0.15, 0.2) is 0 Å². The van der Waals surface area contributed by atoms with Gasteiger partial charge >= 0.3 is 6.03 Å². The van der Waals surface area contributed by atoms with Crippen molar-refractivity contribution < 1.29 is 13.4 Å². The van der Waals surface area contributed by atoms with Gasteiger partial charge in [-0.2, -0.15) is 0 Å². The Morgan fingerprint density at radius 3 is 2.88 bits per heavy atom. The van der Waals surface area contributed by atoms with E-state index >= 15 is 0 Å². The minimum absolute atomic E-state index is 0.180. The first-order valence-corrected chi connectivity index (χ1v) is 9.14. The maximum absolute atomic E-state index is 12.5. The van der Waals surface area contributed by atoms with Crippen molar-refractivity contribution in [1.82, 2.24) is 9.88 Å². The van der Waals surface area contributed by atoms with Crippen LogP contribution in [0.2, 0.25) is 0 Å². The predicted molar refractivity (Wildman–Crippen MR) is 94.4 cm³/mol. The maximum atomic E-state index is 12.5. The number of hydrogen-bond donors (Lipinski definition) is 1. The van der Waals surface area contributed by atoms with Gasteiger partial charge in [-0.1, -0.05) is 6.07 Å². The molecule has 1 aliphatic heterocycles. The molecule has 1 N–H and O–H groups in total. The highest BCUT2D eigenvalue weighted by Gasteiger charge is 2.35. The lowest BCUT2D eigenvalue weighted by Gasteiger charge is -2.37. The molecule has 1 aromatic heterocycles. The van der Waals surface area contributed by atoms with Gasteiger partial charge in [-0.25, -0.2) is 9.78 Å². The van der Waals surface area contributed by atoms with Gasteiger partial charge in [0.05, 0.1) is 10.9 Å². The SMILES string of the molecule is Cc1cnc(-c2cccc(NC(=O)N3CC[S@@](=O)C(C)(C)C3)c2)o1. The van der Waals surface area contributed by atoms with Crippen LogP contribution < -0.4 is 5.32 Å². The van der Waals surface area contributed by atoms with Crippen LogP contribution in [0.15, 0.2) is 34.9 Å². The summed E-state index contributed by atoms with van der Waals surface area (Å²) in [5.74, 6) is 1.77. The number of nitrogens with zero attached hydrogens (tertiary/aromatic N) is 2. The first-order valence-electron chi connectivity index (χ1n) is 7.82. The molecular weight excluding hydrogens is 326 g/mol. The number of carbonyl (C=O) groups excluding carboxylic acids is 1. The molecule has 3 rings (SSSR count). The van der Waals surface area contributed by atoms with Crippen LogP contribution in [-0.2, 0) is 10.8 Å². The Morgan fingerprint density at radius 2 is 2.21 bits per heavy atom. The third-order valence-corrected chi connectivity index (χ3v) is 5.92. The third-order valence-electron chi connectivity index (χ3n) is 4.00. The number of anilines is 1. The number of amides is 2. The highest BCUT2D eigenvalue weighted by atomic mass is 32.2. The Bertz CT molecular complexity index is 785. The molecule has 0 aliphatic carbocycles. The van der Waals surface area contributed by atoms with E-state index in [-0.39, 0.29) is 10.8 Å². The number of urea groups is 1. The normalized spacial score (nSPS) is 20.0. The van der Waals surface area contributed by atoms with E-state index in [9.17, 15) is 9.00 Å². The second kappa shape index (κ2) is 6.39. The topological polar surface area (TPSA) is 75.4 Å². The van der Waals surface area contributed by atoms with Crippen LogP contribution in [0, 0.1) is 6.92 Å². The fourth-order valence-electron chi connectivity index (χ4n) is 2.67. The fourth-order valence-corrected chi connectivity index (χ4v) is 3.91. The smallest absolute Gasteiger partial charge is 0.321 e. The summed E-state index contributed by atoms with van der Waals surface area (Å²) in [5, 5.41) is 2.90. The average Bonchev–Trinajstić information content (AvgIpc) is 2.97. The van der Waals surface area contributed by atoms with Gasteiger partial charge in [-0.15, -0.1) is 0 Å². The van der Waals surface area contributed by atoms with Gasteiger partial charge in [0, 0.05) is 40.9 Å². The number of hydrogen-bond acceptors (Lipinski definition) is 4. The average molecular weight is 347 g/mol. The molecule has 24 heavy (non-hydrogen) atoms. The summed E-state index contributed by atoms with van der Waals surface area (Å²) in [6.45, 7) is 6.66. The molecule has 1 fully saturated rings. The van der Waals surface area contributed by atoms with Crippen molar-refractivity contribution in [3.8, 4) is 11.5 Å². The lowest BCUT2D eigenvalue weighted by Crippen LogP contribution is -2.53. The van der Waals surface area contributed by atoms with E-state index in [0.717, 1.165) is 11.3 Å². The molecule has 1 aromatic carbocycles. The molecule has 2 heterocycles. The molecular formula is C17H21N3O3S. The van der Waals surface area contributed by atoms with Gasteiger partial charge in [0.2, 0.25) is 5.89 Å². The number of benzene rings is 1. The van der Waals surface area contributed by atoms with E-state index in [4.69, 9.17) is 4.42 Å². The van der Waals surface area contributed by atoms with Gasteiger partial charge < -0.3 is 14.6 Å². The summed E-state index contributed by atoms with van der Waals surface area (Å²) in [6.07, 6.45) is 1.66. The van der Waals surface area contributed by atoms with Crippen LogP contribution in [0.5, 0.6) is 0 Å². The van der Waals surface area contributed by atoms with Crippen LogP contribution in [0.4, 0.5) is 10.5 Å². The molecule has 0 spiro atoms. The van der Waals surface area contributed by atoms with Crippen LogP contribution >= 0.6 is 0 Å². The van der Waals surface area contributed by atoms with Crippen LogP contribution in [0.25, 0.3) is 11.5 Å². The zero-order valence-electron chi connectivity index (χ0n) is 14.0. The zero-order chi connectivity index (χ0) is 17.3. The summed E-state index contributed by atoms with van der Waals surface area (Å²) >= 11 is 0. The largest absolute Gasteiger partial charge is 0.441 e. The first-order chi connectivity index (χ1) is 11.3. The Balaban J connectivity index is 1.72. The molecule has 128 valence electrons.